The van der Waals surface area contributed by atoms with E-state index in [1.54, 1.807) is 38.1 Å². The minimum absolute atomic E-state index is 0.110. The molecule has 0 aliphatic carbocycles. The standard InChI is InChI=1S/C22H22F3N5O2/c1-14(16-3-5-17(6-4-16)22(23,24)25)11-20(31)28-18-7-9-19(10-8-18)29-21(32)15(2)30-13-26-12-27-30/h3-10,12-15H,11H2,1-2H3,(H,28,31)(H,29,32). The van der Waals surface area contributed by atoms with E-state index in [1.165, 1.54) is 29.5 Å². The molecule has 1 aromatic heterocycles. The average molecular weight is 445 g/mol. The average Bonchev–Trinajstić information content (AvgIpc) is 3.29. The second-order valence-electron chi connectivity index (χ2n) is 7.39. The molecule has 10 heteroatoms. The number of halogens is 3. The molecule has 1 heterocycles. The Morgan fingerprint density at radius 2 is 1.56 bits per heavy atom. The zero-order chi connectivity index (χ0) is 23.3. The summed E-state index contributed by atoms with van der Waals surface area (Å²) in [4.78, 5) is 28.4. The quantitative estimate of drug-likeness (QED) is 0.555. The molecule has 3 aromatic rings. The van der Waals surface area contributed by atoms with Crippen LogP contribution in [0.4, 0.5) is 24.5 Å². The van der Waals surface area contributed by atoms with Crippen molar-refractivity contribution < 1.29 is 22.8 Å². The van der Waals surface area contributed by atoms with E-state index in [4.69, 9.17) is 0 Å². The van der Waals surface area contributed by atoms with Gasteiger partial charge in [0, 0.05) is 17.8 Å². The van der Waals surface area contributed by atoms with Gasteiger partial charge in [0.1, 0.15) is 18.7 Å². The van der Waals surface area contributed by atoms with Gasteiger partial charge in [-0.15, -0.1) is 0 Å². The van der Waals surface area contributed by atoms with Crippen molar-refractivity contribution in [2.24, 2.45) is 0 Å². The van der Waals surface area contributed by atoms with Crippen LogP contribution in [0.25, 0.3) is 0 Å². The van der Waals surface area contributed by atoms with E-state index in [2.05, 4.69) is 20.7 Å². The van der Waals surface area contributed by atoms with Crippen molar-refractivity contribution in [2.45, 2.75) is 38.4 Å². The molecule has 2 unspecified atom stereocenters. The maximum atomic E-state index is 12.7. The topological polar surface area (TPSA) is 88.9 Å². The second-order valence-corrected chi connectivity index (χ2v) is 7.39. The third kappa shape index (κ3) is 5.93. The molecule has 168 valence electrons. The van der Waals surface area contributed by atoms with Gasteiger partial charge in [0.15, 0.2) is 0 Å². The summed E-state index contributed by atoms with van der Waals surface area (Å²) in [5.74, 6) is -0.791. The molecular weight excluding hydrogens is 423 g/mol. The highest BCUT2D eigenvalue weighted by Gasteiger charge is 2.30. The highest BCUT2D eigenvalue weighted by molar-refractivity contribution is 5.94. The second kappa shape index (κ2) is 9.63. The first-order valence-electron chi connectivity index (χ1n) is 9.85. The number of benzene rings is 2. The summed E-state index contributed by atoms with van der Waals surface area (Å²) < 4.78 is 39.5. The minimum atomic E-state index is -4.39. The van der Waals surface area contributed by atoms with E-state index in [0.717, 1.165) is 12.1 Å². The summed E-state index contributed by atoms with van der Waals surface area (Å²) in [7, 11) is 0. The van der Waals surface area contributed by atoms with E-state index < -0.39 is 17.8 Å². The number of amides is 2. The number of nitrogens with one attached hydrogen (secondary N) is 2. The van der Waals surface area contributed by atoms with Crippen LogP contribution in [0.3, 0.4) is 0 Å². The van der Waals surface area contributed by atoms with Gasteiger partial charge in [0.05, 0.1) is 5.56 Å². The highest BCUT2D eigenvalue weighted by atomic mass is 19.4. The zero-order valence-electron chi connectivity index (χ0n) is 17.4. The Morgan fingerprint density at radius 1 is 0.969 bits per heavy atom. The number of nitrogens with zero attached hydrogens (tertiary/aromatic N) is 3. The van der Waals surface area contributed by atoms with Crippen LogP contribution in [-0.4, -0.2) is 26.6 Å². The largest absolute Gasteiger partial charge is 0.416 e. The summed E-state index contributed by atoms with van der Waals surface area (Å²) in [5, 5.41) is 9.44. The monoisotopic (exact) mass is 445 g/mol. The Morgan fingerprint density at radius 3 is 2.09 bits per heavy atom. The number of aromatic nitrogens is 3. The van der Waals surface area contributed by atoms with E-state index in [9.17, 15) is 22.8 Å². The summed E-state index contributed by atoms with van der Waals surface area (Å²) in [6.45, 7) is 3.47. The van der Waals surface area contributed by atoms with Gasteiger partial charge in [0.25, 0.3) is 0 Å². The van der Waals surface area contributed by atoms with E-state index in [0.29, 0.717) is 16.9 Å². The molecule has 2 N–H and O–H groups in total. The van der Waals surface area contributed by atoms with Crippen LogP contribution in [0.5, 0.6) is 0 Å². The number of hydrogen-bond donors (Lipinski definition) is 2. The Hall–Kier alpha value is -3.69. The molecule has 0 aliphatic rings. The SMILES string of the molecule is CC(CC(=O)Nc1ccc(NC(=O)C(C)n2cncn2)cc1)c1ccc(C(F)(F)F)cc1. The van der Waals surface area contributed by atoms with Crippen molar-refractivity contribution in [1.82, 2.24) is 14.8 Å². The lowest BCUT2D eigenvalue weighted by atomic mass is 9.96. The van der Waals surface area contributed by atoms with Gasteiger partial charge in [-0.25, -0.2) is 9.67 Å². The first kappa shape index (κ1) is 23.0. The normalized spacial score (nSPS) is 13.3. The molecule has 0 aliphatic heterocycles. The lowest BCUT2D eigenvalue weighted by Crippen LogP contribution is -2.24. The number of carbonyl (C=O) groups is 2. The molecule has 3 rings (SSSR count). The highest BCUT2D eigenvalue weighted by Crippen LogP contribution is 2.30. The molecule has 7 nitrogen and oxygen atoms in total. The van der Waals surface area contributed by atoms with Crippen LogP contribution < -0.4 is 10.6 Å². The van der Waals surface area contributed by atoms with Crippen LogP contribution in [0, 0.1) is 0 Å². The first-order valence-corrected chi connectivity index (χ1v) is 9.85. The lowest BCUT2D eigenvalue weighted by Gasteiger charge is -2.14. The predicted octanol–water partition coefficient (Wildman–Crippen LogP) is 4.63. The van der Waals surface area contributed by atoms with Crippen molar-refractivity contribution in [2.75, 3.05) is 10.6 Å². The number of anilines is 2. The maximum absolute atomic E-state index is 12.7. The van der Waals surface area contributed by atoms with Gasteiger partial charge in [0.2, 0.25) is 11.8 Å². The molecule has 2 atom stereocenters. The van der Waals surface area contributed by atoms with Crippen molar-refractivity contribution >= 4 is 23.2 Å². The van der Waals surface area contributed by atoms with Gasteiger partial charge >= 0.3 is 6.18 Å². The van der Waals surface area contributed by atoms with Crippen LogP contribution >= 0.6 is 0 Å². The maximum Gasteiger partial charge on any atom is 0.416 e. The number of hydrogen-bond acceptors (Lipinski definition) is 4. The molecule has 0 fully saturated rings. The van der Waals surface area contributed by atoms with Gasteiger partial charge in [-0.1, -0.05) is 19.1 Å². The van der Waals surface area contributed by atoms with E-state index in [-0.39, 0.29) is 24.2 Å². The fourth-order valence-corrected chi connectivity index (χ4v) is 3.03. The fraction of sp³-hybridized carbons (Fsp3) is 0.273. The summed E-state index contributed by atoms with van der Waals surface area (Å²) in [6, 6.07) is 10.9. The van der Waals surface area contributed by atoms with Crippen LogP contribution in [0.2, 0.25) is 0 Å². The van der Waals surface area contributed by atoms with Crippen molar-refractivity contribution in [3.63, 3.8) is 0 Å². The van der Waals surface area contributed by atoms with Gasteiger partial charge in [-0.2, -0.15) is 18.3 Å². The molecule has 0 bridgehead atoms. The Labute approximate surface area is 182 Å². The molecule has 2 amide bonds. The molecule has 2 aromatic carbocycles. The minimum Gasteiger partial charge on any atom is -0.326 e. The summed E-state index contributed by atoms with van der Waals surface area (Å²) in [6.07, 6.45) is -1.48. The summed E-state index contributed by atoms with van der Waals surface area (Å²) in [5.41, 5.74) is 1.02. The van der Waals surface area contributed by atoms with Gasteiger partial charge in [-0.05, 0) is 54.8 Å². The molecule has 0 spiro atoms. The zero-order valence-corrected chi connectivity index (χ0v) is 17.4. The number of alkyl halides is 3. The van der Waals surface area contributed by atoms with Crippen molar-refractivity contribution in [1.29, 1.82) is 0 Å². The van der Waals surface area contributed by atoms with Gasteiger partial charge < -0.3 is 10.6 Å². The molecule has 32 heavy (non-hydrogen) atoms. The van der Waals surface area contributed by atoms with Crippen LogP contribution in [0.1, 0.15) is 43.4 Å². The molecule has 0 saturated heterocycles. The van der Waals surface area contributed by atoms with Gasteiger partial charge in [-0.3, -0.25) is 9.59 Å². The Kier molecular flexibility index (Phi) is 6.92. The summed E-state index contributed by atoms with van der Waals surface area (Å²) >= 11 is 0. The molecule has 0 saturated carbocycles. The third-order valence-electron chi connectivity index (χ3n) is 4.95. The van der Waals surface area contributed by atoms with E-state index >= 15 is 0 Å². The van der Waals surface area contributed by atoms with Crippen LogP contribution in [-0.2, 0) is 15.8 Å². The Bertz CT molecular complexity index is 1050. The van der Waals surface area contributed by atoms with E-state index in [1.807, 2.05) is 0 Å². The first-order chi connectivity index (χ1) is 15.1. The smallest absolute Gasteiger partial charge is 0.326 e. The molecule has 0 radical (unpaired) electrons. The lowest BCUT2D eigenvalue weighted by molar-refractivity contribution is -0.137. The van der Waals surface area contributed by atoms with Crippen molar-refractivity contribution in [3.8, 4) is 0 Å². The number of rotatable bonds is 7. The predicted molar refractivity (Wildman–Crippen MR) is 113 cm³/mol. The fourth-order valence-electron chi connectivity index (χ4n) is 3.03. The molecular formula is C22H22F3N5O2. The van der Waals surface area contributed by atoms with Crippen LogP contribution in [0.15, 0.2) is 61.2 Å². The third-order valence-corrected chi connectivity index (χ3v) is 4.95. The number of carbonyl (C=O) groups excluding carboxylic acids is 2. The van der Waals surface area contributed by atoms with Crippen molar-refractivity contribution in [3.05, 3.63) is 72.3 Å². The Balaban J connectivity index is 1.52.